The molecule has 0 aliphatic carbocycles. The summed E-state index contributed by atoms with van der Waals surface area (Å²) in [5.74, 6) is 0.188. The molecule has 82 valence electrons. The van der Waals surface area contributed by atoms with Crippen molar-refractivity contribution in [2.75, 3.05) is 38.6 Å². The Hall–Kier alpha value is -0.200. The lowest BCUT2D eigenvalue weighted by Gasteiger charge is -2.19. The summed E-state index contributed by atoms with van der Waals surface area (Å²) in [6, 6.07) is 0. The third-order valence-electron chi connectivity index (χ3n) is 3.06. The van der Waals surface area contributed by atoms with Crippen molar-refractivity contribution in [3.05, 3.63) is 0 Å². The van der Waals surface area contributed by atoms with Crippen LogP contribution in [0, 0.1) is 5.41 Å². The van der Waals surface area contributed by atoms with Gasteiger partial charge in [0.25, 0.3) is 0 Å². The Morgan fingerprint density at radius 3 is 2.86 bits per heavy atom. The van der Waals surface area contributed by atoms with Gasteiger partial charge in [0.1, 0.15) is 6.67 Å². The van der Waals surface area contributed by atoms with Gasteiger partial charge in [-0.2, -0.15) is 4.31 Å². The molecule has 0 aromatic rings. The Bertz CT molecular complexity index is 311. The molecule has 2 rings (SSSR count). The molecular weight excluding hydrogens is 207 g/mol. The molecule has 6 heteroatoms. The highest BCUT2D eigenvalue weighted by Gasteiger charge is 2.48. The molecule has 0 amide bonds. The molecule has 2 aliphatic rings. The average molecular weight is 222 g/mol. The zero-order valence-corrected chi connectivity index (χ0v) is 8.82. The lowest BCUT2D eigenvalue weighted by atomic mass is 9.90. The number of nitrogens with zero attached hydrogens (tertiary/aromatic N) is 1. The molecule has 2 fully saturated rings. The van der Waals surface area contributed by atoms with E-state index in [1.165, 1.54) is 4.31 Å². The van der Waals surface area contributed by atoms with Crippen molar-refractivity contribution in [3.8, 4) is 0 Å². The Morgan fingerprint density at radius 2 is 2.29 bits per heavy atom. The molecule has 0 saturated carbocycles. The first-order chi connectivity index (χ1) is 6.58. The number of sulfonamides is 1. The summed E-state index contributed by atoms with van der Waals surface area (Å²) in [5, 5.41) is 3.17. The summed E-state index contributed by atoms with van der Waals surface area (Å²) < 4.78 is 36.7. The standard InChI is InChI=1S/C8H15FN2O2S/c9-2-4-11-6-8(1-3-10-5-8)7-14(11,12)13/h10H,1-7H2. The van der Waals surface area contributed by atoms with Crippen molar-refractivity contribution < 1.29 is 12.8 Å². The van der Waals surface area contributed by atoms with Gasteiger partial charge in [-0.1, -0.05) is 0 Å². The van der Waals surface area contributed by atoms with Crippen LogP contribution in [0.2, 0.25) is 0 Å². The van der Waals surface area contributed by atoms with Crippen LogP contribution in [0.15, 0.2) is 0 Å². The summed E-state index contributed by atoms with van der Waals surface area (Å²) in [6.45, 7) is 1.53. The van der Waals surface area contributed by atoms with Crippen molar-refractivity contribution in [1.29, 1.82) is 0 Å². The van der Waals surface area contributed by atoms with E-state index in [0.29, 0.717) is 6.54 Å². The second-order valence-corrected chi connectivity index (χ2v) is 6.17. The van der Waals surface area contributed by atoms with Gasteiger partial charge in [0.15, 0.2) is 0 Å². The smallest absolute Gasteiger partial charge is 0.214 e. The van der Waals surface area contributed by atoms with E-state index in [-0.39, 0.29) is 17.7 Å². The van der Waals surface area contributed by atoms with Gasteiger partial charge in [0.05, 0.1) is 5.75 Å². The molecule has 1 atom stereocenters. The fourth-order valence-corrected chi connectivity index (χ4v) is 4.47. The van der Waals surface area contributed by atoms with Crippen LogP contribution in [0.3, 0.4) is 0 Å². The van der Waals surface area contributed by atoms with E-state index in [1.54, 1.807) is 0 Å². The van der Waals surface area contributed by atoms with Crippen LogP contribution in [-0.2, 0) is 10.0 Å². The number of hydrogen-bond donors (Lipinski definition) is 1. The van der Waals surface area contributed by atoms with Gasteiger partial charge >= 0.3 is 0 Å². The fraction of sp³-hybridized carbons (Fsp3) is 1.00. The third-order valence-corrected chi connectivity index (χ3v) is 5.14. The highest BCUT2D eigenvalue weighted by Crippen LogP contribution is 2.35. The van der Waals surface area contributed by atoms with Crippen LogP contribution in [0.1, 0.15) is 6.42 Å². The molecule has 0 aromatic carbocycles. The van der Waals surface area contributed by atoms with Crippen molar-refractivity contribution in [2.24, 2.45) is 5.41 Å². The SMILES string of the molecule is O=S1(=O)CC2(CCNC2)CN1CCF. The largest absolute Gasteiger partial charge is 0.316 e. The number of hydrogen-bond acceptors (Lipinski definition) is 3. The molecule has 0 radical (unpaired) electrons. The van der Waals surface area contributed by atoms with Gasteiger partial charge in [0.2, 0.25) is 10.0 Å². The van der Waals surface area contributed by atoms with Crippen LogP contribution in [-0.4, -0.2) is 51.3 Å². The predicted octanol–water partition coefficient (Wildman–Crippen LogP) is -0.419. The van der Waals surface area contributed by atoms with Gasteiger partial charge in [0, 0.05) is 25.0 Å². The maximum absolute atomic E-state index is 12.1. The van der Waals surface area contributed by atoms with E-state index in [4.69, 9.17) is 0 Å². The van der Waals surface area contributed by atoms with E-state index in [9.17, 15) is 12.8 Å². The summed E-state index contributed by atoms with van der Waals surface area (Å²) >= 11 is 0. The first kappa shape index (κ1) is 10.3. The number of alkyl halides is 1. The Morgan fingerprint density at radius 1 is 1.50 bits per heavy atom. The van der Waals surface area contributed by atoms with Crippen LogP contribution in [0.25, 0.3) is 0 Å². The van der Waals surface area contributed by atoms with E-state index >= 15 is 0 Å². The Kier molecular flexibility index (Phi) is 2.53. The summed E-state index contributed by atoms with van der Waals surface area (Å²) in [7, 11) is -3.19. The fourth-order valence-electron chi connectivity index (χ4n) is 2.36. The maximum Gasteiger partial charge on any atom is 0.214 e. The topological polar surface area (TPSA) is 49.4 Å². The lowest BCUT2D eigenvalue weighted by molar-refractivity contribution is 0.288. The minimum absolute atomic E-state index is 0.0179. The van der Waals surface area contributed by atoms with Crippen molar-refractivity contribution in [3.63, 3.8) is 0 Å². The Balaban J connectivity index is 2.16. The first-order valence-electron chi connectivity index (χ1n) is 4.83. The van der Waals surface area contributed by atoms with Gasteiger partial charge in [-0.3, -0.25) is 0 Å². The van der Waals surface area contributed by atoms with E-state index < -0.39 is 16.7 Å². The summed E-state index contributed by atoms with van der Waals surface area (Å²) in [5.41, 5.74) is -0.145. The Labute approximate surface area is 83.5 Å². The van der Waals surface area contributed by atoms with Crippen LogP contribution < -0.4 is 5.32 Å². The monoisotopic (exact) mass is 222 g/mol. The maximum atomic E-state index is 12.1. The van der Waals surface area contributed by atoms with E-state index in [2.05, 4.69) is 5.32 Å². The van der Waals surface area contributed by atoms with Crippen molar-refractivity contribution in [1.82, 2.24) is 9.62 Å². The molecule has 0 aromatic heterocycles. The van der Waals surface area contributed by atoms with Gasteiger partial charge in [-0.15, -0.1) is 0 Å². The van der Waals surface area contributed by atoms with E-state index in [0.717, 1.165) is 19.5 Å². The molecule has 0 bridgehead atoms. The number of nitrogens with one attached hydrogen (secondary N) is 1. The average Bonchev–Trinajstić information content (AvgIpc) is 2.60. The molecule has 1 spiro atoms. The van der Waals surface area contributed by atoms with Crippen LogP contribution >= 0.6 is 0 Å². The molecule has 1 unspecified atom stereocenters. The summed E-state index contributed by atoms with van der Waals surface area (Å²) in [4.78, 5) is 0. The molecule has 2 aliphatic heterocycles. The minimum Gasteiger partial charge on any atom is -0.316 e. The molecule has 2 heterocycles. The second kappa shape index (κ2) is 3.43. The van der Waals surface area contributed by atoms with Crippen LogP contribution in [0.5, 0.6) is 0 Å². The van der Waals surface area contributed by atoms with Crippen LogP contribution in [0.4, 0.5) is 4.39 Å². The predicted molar refractivity (Wildman–Crippen MR) is 51.3 cm³/mol. The lowest BCUT2D eigenvalue weighted by Crippen LogP contribution is -2.31. The zero-order chi connectivity index (χ0) is 10.2. The van der Waals surface area contributed by atoms with Gasteiger partial charge < -0.3 is 5.32 Å². The molecule has 14 heavy (non-hydrogen) atoms. The summed E-state index contributed by atoms with van der Waals surface area (Å²) in [6.07, 6.45) is 0.884. The van der Waals surface area contributed by atoms with Gasteiger partial charge in [-0.05, 0) is 13.0 Å². The quantitative estimate of drug-likeness (QED) is 0.690. The van der Waals surface area contributed by atoms with Crippen molar-refractivity contribution in [2.45, 2.75) is 6.42 Å². The normalized spacial score (nSPS) is 36.9. The minimum atomic E-state index is -3.19. The first-order valence-corrected chi connectivity index (χ1v) is 6.43. The highest BCUT2D eigenvalue weighted by atomic mass is 32.2. The third kappa shape index (κ3) is 1.66. The second-order valence-electron chi connectivity index (χ2n) is 4.21. The molecule has 1 N–H and O–H groups in total. The number of rotatable bonds is 2. The van der Waals surface area contributed by atoms with E-state index in [1.807, 2.05) is 0 Å². The zero-order valence-electron chi connectivity index (χ0n) is 8.00. The number of halogens is 1. The molecule has 2 saturated heterocycles. The molecular formula is C8H15FN2O2S. The molecule has 4 nitrogen and oxygen atoms in total. The highest BCUT2D eigenvalue weighted by molar-refractivity contribution is 7.89. The van der Waals surface area contributed by atoms with Crippen molar-refractivity contribution >= 4 is 10.0 Å². The van der Waals surface area contributed by atoms with Gasteiger partial charge in [-0.25, -0.2) is 12.8 Å².